The van der Waals surface area contributed by atoms with Gasteiger partial charge < -0.3 is 10.6 Å². The Hall–Kier alpha value is -2.57. The predicted molar refractivity (Wildman–Crippen MR) is 78.8 cm³/mol. The van der Waals surface area contributed by atoms with Crippen molar-refractivity contribution in [2.75, 3.05) is 11.9 Å². The summed E-state index contributed by atoms with van der Waals surface area (Å²) < 4.78 is 27.2. The maximum absolute atomic E-state index is 13.6. The maximum atomic E-state index is 13.6. The van der Waals surface area contributed by atoms with Crippen LogP contribution in [0.2, 0.25) is 0 Å². The first-order chi connectivity index (χ1) is 10.5. The van der Waals surface area contributed by atoms with Crippen LogP contribution in [0.1, 0.15) is 24.3 Å². The first-order valence-corrected chi connectivity index (χ1v) is 6.78. The minimum absolute atomic E-state index is 0.120. The van der Waals surface area contributed by atoms with Crippen LogP contribution < -0.4 is 10.6 Å². The first-order valence-electron chi connectivity index (χ1n) is 6.78. The van der Waals surface area contributed by atoms with Gasteiger partial charge in [-0.25, -0.2) is 18.7 Å². The summed E-state index contributed by atoms with van der Waals surface area (Å²) >= 11 is 0. The van der Waals surface area contributed by atoms with Gasteiger partial charge in [0.1, 0.15) is 35.2 Å². The van der Waals surface area contributed by atoms with E-state index in [4.69, 9.17) is 0 Å². The van der Waals surface area contributed by atoms with Crippen molar-refractivity contribution in [1.29, 1.82) is 0 Å². The maximum Gasteiger partial charge on any atom is 0.270 e. The van der Waals surface area contributed by atoms with Crippen molar-refractivity contribution in [2.45, 2.75) is 13.8 Å². The molecule has 0 spiro atoms. The van der Waals surface area contributed by atoms with E-state index in [1.165, 1.54) is 12.1 Å². The highest BCUT2D eigenvalue weighted by molar-refractivity contribution is 5.92. The minimum atomic E-state index is -0.746. The average molecular weight is 306 g/mol. The van der Waals surface area contributed by atoms with E-state index in [9.17, 15) is 13.6 Å². The number of benzene rings is 1. The number of anilines is 2. The van der Waals surface area contributed by atoms with Crippen LogP contribution in [0.4, 0.5) is 20.3 Å². The normalized spacial score (nSPS) is 10.6. The summed E-state index contributed by atoms with van der Waals surface area (Å²) in [7, 11) is 0. The molecule has 0 saturated carbocycles. The van der Waals surface area contributed by atoms with Gasteiger partial charge in [0.15, 0.2) is 0 Å². The summed E-state index contributed by atoms with van der Waals surface area (Å²) in [5.74, 6) is -1.42. The monoisotopic (exact) mass is 306 g/mol. The fourth-order valence-electron chi connectivity index (χ4n) is 1.68. The second kappa shape index (κ2) is 6.93. The SMILES string of the molecule is CC(C)CNC(=O)c1cc(Nc2c(F)cccc2F)ncn1. The molecule has 116 valence electrons. The van der Waals surface area contributed by atoms with Crippen LogP contribution in [0.3, 0.4) is 0 Å². The van der Waals surface area contributed by atoms with Crippen LogP contribution in [0.5, 0.6) is 0 Å². The summed E-state index contributed by atoms with van der Waals surface area (Å²) in [5, 5.41) is 5.23. The van der Waals surface area contributed by atoms with Gasteiger partial charge >= 0.3 is 0 Å². The van der Waals surface area contributed by atoms with E-state index in [0.29, 0.717) is 12.5 Å². The van der Waals surface area contributed by atoms with Crippen LogP contribution in [0.25, 0.3) is 0 Å². The lowest BCUT2D eigenvalue weighted by Gasteiger charge is -2.10. The lowest BCUT2D eigenvalue weighted by molar-refractivity contribution is 0.0944. The van der Waals surface area contributed by atoms with E-state index in [1.807, 2.05) is 13.8 Å². The van der Waals surface area contributed by atoms with Crippen LogP contribution in [0.15, 0.2) is 30.6 Å². The van der Waals surface area contributed by atoms with E-state index in [2.05, 4.69) is 20.6 Å². The zero-order valence-electron chi connectivity index (χ0n) is 12.2. The number of carbonyl (C=O) groups is 1. The van der Waals surface area contributed by atoms with E-state index in [-0.39, 0.29) is 23.1 Å². The largest absolute Gasteiger partial charge is 0.350 e. The lowest BCUT2D eigenvalue weighted by atomic mass is 10.2. The van der Waals surface area contributed by atoms with Gasteiger partial charge in [0.2, 0.25) is 0 Å². The number of nitrogens with one attached hydrogen (secondary N) is 2. The molecule has 0 atom stereocenters. The van der Waals surface area contributed by atoms with Crippen molar-refractivity contribution in [2.24, 2.45) is 5.92 Å². The Morgan fingerprint density at radius 2 is 1.91 bits per heavy atom. The molecule has 1 heterocycles. The van der Waals surface area contributed by atoms with Gasteiger partial charge in [-0.05, 0) is 18.1 Å². The van der Waals surface area contributed by atoms with Crippen molar-refractivity contribution < 1.29 is 13.6 Å². The van der Waals surface area contributed by atoms with Crippen LogP contribution in [-0.4, -0.2) is 22.4 Å². The van der Waals surface area contributed by atoms with E-state index >= 15 is 0 Å². The molecule has 0 saturated heterocycles. The summed E-state index contributed by atoms with van der Waals surface area (Å²) in [6, 6.07) is 4.86. The molecule has 0 radical (unpaired) electrons. The number of rotatable bonds is 5. The lowest BCUT2D eigenvalue weighted by Crippen LogP contribution is -2.28. The van der Waals surface area contributed by atoms with Crippen LogP contribution in [-0.2, 0) is 0 Å². The Labute approximate surface area is 126 Å². The third-order valence-corrected chi connectivity index (χ3v) is 2.79. The molecule has 22 heavy (non-hydrogen) atoms. The molecule has 0 aliphatic carbocycles. The Bertz CT molecular complexity index is 656. The Morgan fingerprint density at radius 3 is 2.55 bits per heavy atom. The zero-order valence-corrected chi connectivity index (χ0v) is 12.2. The molecule has 1 amide bonds. The van der Waals surface area contributed by atoms with Crippen molar-refractivity contribution in [3.63, 3.8) is 0 Å². The molecule has 2 N–H and O–H groups in total. The number of hydrogen-bond acceptors (Lipinski definition) is 4. The van der Waals surface area contributed by atoms with Crippen LogP contribution >= 0.6 is 0 Å². The molecule has 0 fully saturated rings. The molecular weight excluding hydrogens is 290 g/mol. The van der Waals surface area contributed by atoms with Crippen LogP contribution in [0, 0.1) is 17.6 Å². The van der Waals surface area contributed by atoms with Gasteiger partial charge in [-0.3, -0.25) is 4.79 Å². The molecule has 0 aliphatic rings. The van der Waals surface area contributed by atoms with Crippen molar-refractivity contribution in [1.82, 2.24) is 15.3 Å². The number of hydrogen-bond donors (Lipinski definition) is 2. The number of para-hydroxylation sites is 1. The molecule has 2 aromatic rings. The van der Waals surface area contributed by atoms with Gasteiger partial charge in [-0.2, -0.15) is 0 Å². The van der Waals surface area contributed by atoms with Gasteiger partial charge in [-0.15, -0.1) is 0 Å². The topological polar surface area (TPSA) is 66.9 Å². The second-order valence-corrected chi connectivity index (χ2v) is 5.11. The molecule has 0 unspecified atom stereocenters. The molecule has 7 heteroatoms. The smallest absolute Gasteiger partial charge is 0.270 e. The van der Waals surface area contributed by atoms with Gasteiger partial charge in [-0.1, -0.05) is 19.9 Å². The molecule has 1 aromatic carbocycles. The van der Waals surface area contributed by atoms with E-state index in [1.54, 1.807) is 0 Å². The third kappa shape index (κ3) is 3.97. The van der Waals surface area contributed by atoms with Crippen molar-refractivity contribution in [3.05, 3.63) is 47.9 Å². The number of halogens is 2. The molecular formula is C15H16F2N4O. The third-order valence-electron chi connectivity index (χ3n) is 2.79. The Balaban J connectivity index is 2.17. The summed E-state index contributed by atoms with van der Waals surface area (Å²) in [6.07, 6.45) is 1.16. The summed E-state index contributed by atoms with van der Waals surface area (Å²) in [5.41, 5.74) is -0.204. The number of nitrogens with zero attached hydrogens (tertiary/aromatic N) is 2. The first kappa shape index (κ1) is 15.8. The predicted octanol–water partition coefficient (Wildman–Crippen LogP) is 2.88. The Morgan fingerprint density at radius 1 is 1.23 bits per heavy atom. The highest BCUT2D eigenvalue weighted by Gasteiger charge is 2.12. The van der Waals surface area contributed by atoms with E-state index < -0.39 is 11.6 Å². The van der Waals surface area contributed by atoms with Crippen molar-refractivity contribution >= 4 is 17.4 Å². The van der Waals surface area contributed by atoms with E-state index in [0.717, 1.165) is 18.5 Å². The fourth-order valence-corrected chi connectivity index (χ4v) is 1.68. The molecule has 0 bridgehead atoms. The highest BCUT2D eigenvalue weighted by atomic mass is 19.1. The number of carbonyl (C=O) groups excluding carboxylic acids is 1. The van der Waals surface area contributed by atoms with Gasteiger partial charge in [0, 0.05) is 12.6 Å². The Kier molecular flexibility index (Phi) is 4.98. The van der Waals surface area contributed by atoms with Crippen molar-refractivity contribution in [3.8, 4) is 0 Å². The molecule has 1 aromatic heterocycles. The quantitative estimate of drug-likeness (QED) is 0.891. The fraction of sp³-hybridized carbons (Fsp3) is 0.267. The zero-order chi connectivity index (χ0) is 16.1. The summed E-state index contributed by atoms with van der Waals surface area (Å²) in [4.78, 5) is 19.6. The standard InChI is InChI=1S/C15H16F2N4O/c1-9(2)7-18-15(22)12-6-13(20-8-19-12)21-14-10(16)4-3-5-11(14)17/h3-6,8-9H,7H2,1-2H3,(H,18,22)(H,19,20,21). The highest BCUT2D eigenvalue weighted by Crippen LogP contribution is 2.21. The number of amides is 1. The van der Waals surface area contributed by atoms with Gasteiger partial charge in [0.05, 0.1) is 0 Å². The number of aromatic nitrogens is 2. The van der Waals surface area contributed by atoms with Gasteiger partial charge in [0.25, 0.3) is 5.91 Å². The average Bonchev–Trinajstić information content (AvgIpc) is 2.49. The molecule has 5 nitrogen and oxygen atoms in total. The second-order valence-electron chi connectivity index (χ2n) is 5.11. The summed E-state index contributed by atoms with van der Waals surface area (Å²) in [6.45, 7) is 4.44. The molecule has 2 rings (SSSR count). The minimum Gasteiger partial charge on any atom is -0.350 e. The molecule has 0 aliphatic heterocycles.